The number of methoxy groups -OCH3 is 1. The van der Waals surface area contributed by atoms with Crippen LogP contribution in [0.15, 0.2) is 52.0 Å². The van der Waals surface area contributed by atoms with Crippen LogP contribution in [0.5, 0.6) is 5.75 Å². The predicted molar refractivity (Wildman–Crippen MR) is 96.1 cm³/mol. The zero-order chi connectivity index (χ0) is 16.7. The largest absolute Gasteiger partial charge is 0.496 e. The molecule has 0 bridgehead atoms. The summed E-state index contributed by atoms with van der Waals surface area (Å²) in [6.45, 7) is 2.15. The molecule has 0 aliphatic rings. The Labute approximate surface area is 143 Å². The van der Waals surface area contributed by atoms with Crippen molar-refractivity contribution in [2.45, 2.75) is 6.92 Å². The van der Waals surface area contributed by atoms with E-state index >= 15 is 0 Å². The van der Waals surface area contributed by atoms with Gasteiger partial charge in [-0.15, -0.1) is 0 Å². The molecule has 0 radical (unpaired) electrons. The molecule has 0 fully saturated rings. The molecule has 0 atom stereocenters. The van der Waals surface area contributed by atoms with Crippen LogP contribution in [-0.2, 0) is 4.79 Å². The van der Waals surface area contributed by atoms with E-state index in [0.29, 0.717) is 0 Å². The van der Waals surface area contributed by atoms with Crippen LogP contribution in [0.3, 0.4) is 0 Å². The summed E-state index contributed by atoms with van der Waals surface area (Å²) in [5.41, 5.74) is 5.37. The summed E-state index contributed by atoms with van der Waals surface area (Å²) in [6, 6.07) is 13.3. The molecule has 2 rings (SSSR count). The van der Waals surface area contributed by atoms with E-state index in [2.05, 4.69) is 31.8 Å². The quantitative estimate of drug-likeness (QED) is 0.601. The van der Waals surface area contributed by atoms with E-state index < -0.39 is 0 Å². The number of para-hydroxylation sites is 1. The number of carbonyl (C=O) groups is 1. The fourth-order valence-electron chi connectivity index (χ4n) is 1.93. The van der Waals surface area contributed by atoms with Crippen LogP contribution in [0, 0.1) is 6.92 Å². The molecular weight excluding hydrogens is 358 g/mol. The number of nitrogens with zero attached hydrogens (tertiary/aromatic N) is 1. The molecule has 0 saturated heterocycles. The van der Waals surface area contributed by atoms with E-state index in [4.69, 9.17) is 4.74 Å². The number of hydrazone groups is 1. The number of amides is 1. The standard InChI is InChI=1S/C17H18BrN3O2/c1-12-5-3-4-6-15(12)19-11-17(22)21-20-10-13-7-8-16(23-2)14(18)9-13/h3-10,19H,11H2,1-2H3,(H,21,22). The van der Waals surface area contributed by atoms with E-state index in [-0.39, 0.29) is 12.5 Å². The van der Waals surface area contributed by atoms with Crippen molar-refractivity contribution in [1.29, 1.82) is 0 Å². The number of hydrogen-bond acceptors (Lipinski definition) is 4. The number of rotatable bonds is 6. The number of hydrogen-bond donors (Lipinski definition) is 2. The third-order valence-corrected chi connectivity index (χ3v) is 3.78. The third-order valence-electron chi connectivity index (χ3n) is 3.16. The lowest BCUT2D eigenvalue weighted by Gasteiger charge is -2.07. The molecule has 0 aliphatic carbocycles. The van der Waals surface area contributed by atoms with Crippen molar-refractivity contribution in [3.63, 3.8) is 0 Å². The summed E-state index contributed by atoms with van der Waals surface area (Å²) in [4.78, 5) is 11.8. The molecular formula is C17H18BrN3O2. The topological polar surface area (TPSA) is 62.7 Å². The Morgan fingerprint density at radius 1 is 1.30 bits per heavy atom. The van der Waals surface area contributed by atoms with Crippen LogP contribution in [0.4, 0.5) is 5.69 Å². The van der Waals surface area contributed by atoms with Gasteiger partial charge in [0.15, 0.2) is 0 Å². The highest BCUT2D eigenvalue weighted by atomic mass is 79.9. The molecule has 2 aromatic rings. The second-order valence-electron chi connectivity index (χ2n) is 4.86. The van der Waals surface area contributed by atoms with Gasteiger partial charge in [0.05, 0.1) is 24.3 Å². The SMILES string of the molecule is COc1ccc(C=NNC(=O)CNc2ccccc2C)cc1Br. The number of aryl methyl sites for hydroxylation is 1. The van der Waals surface area contributed by atoms with Gasteiger partial charge in [-0.1, -0.05) is 18.2 Å². The van der Waals surface area contributed by atoms with Gasteiger partial charge in [-0.05, 0) is 58.2 Å². The van der Waals surface area contributed by atoms with Gasteiger partial charge >= 0.3 is 0 Å². The summed E-state index contributed by atoms with van der Waals surface area (Å²) in [5.74, 6) is 0.533. The number of ether oxygens (including phenoxy) is 1. The highest BCUT2D eigenvalue weighted by Crippen LogP contribution is 2.24. The van der Waals surface area contributed by atoms with Gasteiger partial charge in [-0.3, -0.25) is 4.79 Å². The average Bonchev–Trinajstić information content (AvgIpc) is 2.54. The number of anilines is 1. The Kier molecular flexibility index (Phi) is 6.17. The fourth-order valence-corrected chi connectivity index (χ4v) is 2.49. The molecule has 0 unspecified atom stereocenters. The normalized spacial score (nSPS) is 10.6. The summed E-state index contributed by atoms with van der Waals surface area (Å²) in [7, 11) is 1.61. The number of carbonyl (C=O) groups excluding carboxylic acids is 1. The number of nitrogens with one attached hydrogen (secondary N) is 2. The first-order valence-electron chi connectivity index (χ1n) is 7.05. The molecule has 0 aromatic heterocycles. The highest BCUT2D eigenvalue weighted by molar-refractivity contribution is 9.10. The molecule has 0 aliphatic heterocycles. The van der Waals surface area contributed by atoms with Crippen LogP contribution in [0.25, 0.3) is 0 Å². The smallest absolute Gasteiger partial charge is 0.259 e. The van der Waals surface area contributed by atoms with Crippen molar-refractivity contribution in [2.24, 2.45) is 5.10 Å². The second-order valence-corrected chi connectivity index (χ2v) is 5.71. The molecule has 120 valence electrons. The van der Waals surface area contributed by atoms with Gasteiger partial charge in [0.25, 0.3) is 5.91 Å². The van der Waals surface area contributed by atoms with Crippen LogP contribution < -0.4 is 15.5 Å². The van der Waals surface area contributed by atoms with E-state index in [1.54, 1.807) is 13.3 Å². The first-order chi connectivity index (χ1) is 11.1. The first kappa shape index (κ1) is 17.0. The molecule has 23 heavy (non-hydrogen) atoms. The van der Waals surface area contributed by atoms with Crippen molar-refractivity contribution in [1.82, 2.24) is 5.43 Å². The van der Waals surface area contributed by atoms with Gasteiger partial charge in [0, 0.05) is 5.69 Å². The lowest BCUT2D eigenvalue weighted by atomic mass is 10.2. The molecule has 2 aromatic carbocycles. The minimum absolute atomic E-state index is 0.161. The highest BCUT2D eigenvalue weighted by Gasteiger charge is 2.02. The Morgan fingerprint density at radius 2 is 2.09 bits per heavy atom. The summed E-state index contributed by atoms with van der Waals surface area (Å²) in [6.07, 6.45) is 1.58. The zero-order valence-corrected chi connectivity index (χ0v) is 14.6. The molecule has 6 heteroatoms. The minimum atomic E-state index is -0.211. The van der Waals surface area contributed by atoms with Gasteiger partial charge in [-0.25, -0.2) is 5.43 Å². The van der Waals surface area contributed by atoms with Gasteiger partial charge < -0.3 is 10.1 Å². The first-order valence-corrected chi connectivity index (χ1v) is 7.84. The van der Waals surface area contributed by atoms with E-state index in [1.165, 1.54) is 0 Å². The molecule has 5 nitrogen and oxygen atoms in total. The van der Waals surface area contributed by atoms with Crippen LogP contribution >= 0.6 is 15.9 Å². The number of benzene rings is 2. The van der Waals surface area contributed by atoms with Crippen LogP contribution in [0.1, 0.15) is 11.1 Å². The van der Waals surface area contributed by atoms with E-state index in [0.717, 1.165) is 27.0 Å². The monoisotopic (exact) mass is 375 g/mol. The lowest BCUT2D eigenvalue weighted by Crippen LogP contribution is -2.26. The van der Waals surface area contributed by atoms with Crippen molar-refractivity contribution in [3.05, 3.63) is 58.1 Å². The maximum atomic E-state index is 11.8. The molecule has 2 N–H and O–H groups in total. The maximum absolute atomic E-state index is 11.8. The average molecular weight is 376 g/mol. The Balaban J connectivity index is 1.84. The van der Waals surface area contributed by atoms with Gasteiger partial charge in [0.2, 0.25) is 0 Å². The molecule has 0 heterocycles. The van der Waals surface area contributed by atoms with Gasteiger partial charge in [0.1, 0.15) is 5.75 Å². The molecule has 1 amide bonds. The molecule has 0 spiro atoms. The molecule has 0 saturated carbocycles. The second kappa shape index (κ2) is 8.33. The maximum Gasteiger partial charge on any atom is 0.259 e. The Morgan fingerprint density at radius 3 is 2.78 bits per heavy atom. The van der Waals surface area contributed by atoms with Crippen molar-refractivity contribution in [2.75, 3.05) is 19.0 Å². The van der Waals surface area contributed by atoms with E-state index in [9.17, 15) is 4.79 Å². The fraction of sp³-hybridized carbons (Fsp3) is 0.176. The lowest BCUT2D eigenvalue weighted by molar-refractivity contribution is -0.119. The summed E-state index contributed by atoms with van der Waals surface area (Å²) < 4.78 is 5.99. The third kappa shape index (κ3) is 5.10. The van der Waals surface area contributed by atoms with Crippen LogP contribution in [-0.4, -0.2) is 25.8 Å². The van der Waals surface area contributed by atoms with Crippen molar-refractivity contribution < 1.29 is 9.53 Å². The van der Waals surface area contributed by atoms with Crippen LogP contribution in [0.2, 0.25) is 0 Å². The van der Waals surface area contributed by atoms with E-state index in [1.807, 2.05) is 49.4 Å². The van der Waals surface area contributed by atoms with Crippen molar-refractivity contribution in [3.8, 4) is 5.75 Å². The Bertz CT molecular complexity index is 717. The summed E-state index contributed by atoms with van der Waals surface area (Å²) >= 11 is 3.40. The summed E-state index contributed by atoms with van der Waals surface area (Å²) in [5, 5.41) is 7.02. The predicted octanol–water partition coefficient (Wildman–Crippen LogP) is 3.33. The zero-order valence-electron chi connectivity index (χ0n) is 13.0. The Hall–Kier alpha value is -2.34. The number of halogens is 1. The van der Waals surface area contributed by atoms with Gasteiger partial charge in [-0.2, -0.15) is 5.10 Å². The van der Waals surface area contributed by atoms with Crippen molar-refractivity contribution >= 4 is 33.7 Å². The minimum Gasteiger partial charge on any atom is -0.496 e.